The Hall–Kier alpha value is -2.98. The highest BCUT2D eigenvalue weighted by molar-refractivity contribution is 6.22. The van der Waals surface area contributed by atoms with Gasteiger partial charge in [-0.3, -0.25) is 9.59 Å². The van der Waals surface area contributed by atoms with Crippen molar-refractivity contribution in [2.75, 3.05) is 0 Å². The van der Waals surface area contributed by atoms with E-state index in [1.54, 1.807) is 12.1 Å². The van der Waals surface area contributed by atoms with Crippen LogP contribution in [0.1, 0.15) is 0 Å². The molecular formula is C14H6N2O2. The predicted molar refractivity (Wildman–Crippen MR) is 62.7 cm³/mol. The smallest absolute Gasteiger partial charge is 0.186 e. The lowest BCUT2D eigenvalue weighted by Gasteiger charge is -2.06. The third-order valence-electron chi connectivity index (χ3n) is 2.58. The number of nitriles is 2. The molecule has 0 amide bonds. The summed E-state index contributed by atoms with van der Waals surface area (Å²) in [4.78, 5) is 23.2. The second-order valence-electron chi connectivity index (χ2n) is 3.61. The molecule has 4 heteroatoms. The normalized spacial score (nSPS) is 17.1. The molecule has 0 aromatic carbocycles. The molecule has 0 unspecified atom stereocenters. The molecule has 0 saturated heterocycles. The minimum atomic E-state index is -0.262. The van der Waals surface area contributed by atoms with E-state index in [1.807, 2.05) is 0 Å². The van der Waals surface area contributed by atoms with Crippen LogP contribution in [0.5, 0.6) is 0 Å². The number of carbonyl (C=O) groups excluding carboxylic acids is 2. The Morgan fingerprint density at radius 1 is 0.778 bits per heavy atom. The fraction of sp³-hybridized carbons (Fsp3) is 0. The molecule has 0 saturated carbocycles. The lowest BCUT2D eigenvalue weighted by Crippen LogP contribution is -2.11. The number of hydrogen-bond donors (Lipinski definition) is 0. The third-order valence-corrected chi connectivity index (χ3v) is 2.58. The van der Waals surface area contributed by atoms with Crippen LogP contribution in [0, 0.1) is 22.7 Å². The van der Waals surface area contributed by atoms with Crippen molar-refractivity contribution in [3.63, 3.8) is 0 Å². The summed E-state index contributed by atoms with van der Waals surface area (Å²) in [5.74, 6) is -0.524. The maximum Gasteiger partial charge on any atom is 0.186 e. The van der Waals surface area contributed by atoms with Crippen LogP contribution in [0.15, 0.2) is 58.7 Å². The lowest BCUT2D eigenvalue weighted by molar-refractivity contribution is -0.114. The summed E-state index contributed by atoms with van der Waals surface area (Å²) in [6, 6.07) is 3.53. The molecular weight excluding hydrogens is 228 g/mol. The maximum atomic E-state index is 11.6. The molecule has 0 bridgehead atoms. The Balaban J connectivity index is 2.56. The van der Waals surface area contributed by atoms with Crippen molar-refractivity contribution >= 4 is 11.6 Å². The molecule has 0 aromatic heterocycles. The highest BCUT2D eigenvalue weighted by Crippen LogP contribution is 2.22. The molecule has 0 fully saturated rings. The number of carbonyl (C=O) groups is 2. The van der Waals surface area contributed by atoms with Crippen LogP contribution >= 0.6 is 0 Å². The van der Waals surface area contributed by atoms with Gasteiger partial charge in [0.15, 0.2) is 11.6 Å². The van der Waals surface area contributed by atoms with Crippen LogP contribution in [-0.4, -0.2) is 11.6 Å². The molecule has 0 radical (unpaired) electrons. The first-order valence-corrected chi connectivity index (χ1v) is 5.09. The van der Waals surface area contributed by atoms with Crippen LogP contribution in [0.25, 0.3) is 0 Å². The van der Waals surface area contributed by atoms with E-state index in [1.165, 1.54) is 36.5 Å². The first-order chi connectivity index (χ1) is 8.67. The Kier molecular flexibility index (Phi) is 2.87. The Morgan fingerprint density at radius 3 is 1.61 bits per heavy atom. The summed E-state index contributed by atoms with van der Waals surface area (Å²) >= 11 is 0. The van der Waals surface area contributed by atoms with E-state index < -0.39 is 0 Å². The summed E-state index contributed by atoms with van der Waals surface area (Å²) in [7, 11) is 0. The molecule has 18 heavy (non-hydrogen) atoms. The summed E-state index contributed by atoms with van der Waals surface area (Å²) in [6.45, 7) is 0. The highest BCUT2D eigenvalue weighted by atomic mass is 16.1. The molecule has 4 nitrogen and oxygen atoms in total. The molecule has 2 aliphatic rings. The van der Waals surface area contributed by atoms with Crippen molar-refractivity contribution < 1.29 is 9.59 Å². The SMILES string of the molecule is N#CC(C#N)=C1C=CC2=C(C=C1)C(=O)C=CC2=O. The van der Waals surface area contributed by atoms with Crippen molar-refractivity contribution in [3.8, 4) is 12.1 Å². The largest absolute Gasteiger partial charge is 0.289 e. The van der Waals surface area contributed by atoms with Gasteiger partial charge in [0.05, 0.1) is 0 Å². The summed E-state index contributed by atoms with van der Waals surface area (Å²) < 4.78 is 0. The Labute approximate surface area is 103 Å². The van der Waals surface area contributed by atoms with Gasteiger partial charge in [-0.2, -0.15) is 10.5 Å². The fourth-order valence-corrected chi connectivity index (χ4v) is 1.66. The molecule has 0 aromatic rings. The van der Waals surface area contributed by atoms with Crippen molar-refractivity contribution in [1.29, 1.82) is 10.5 Å². The van der Waals surface area contributed by atoms with E-state index >= 15 is 0 Å². The van der Waals surface area contributed by atoms with E-state index in [-0.39, 0.29) is 28.3 Å². The van der Waals surface area contributed by atoms with Gasteiger partial charge in [0.2, 0.25) is 0 Å². The molecule has 2 aliphatic carbocycles. The number of hydrogen-bond acceptors (Lipinski definition) is 4. The number of nitrogens with zero attached hydrogens (tertiary/aromatic N) is 2. The van der Waals surface area contributed by atoms with Crippen LogP contribution in [-0.2, 0) is 9.59 Å². The van der Waals surface area contributed by atoms with Crippen LogP contribution < -0.4 is 0 Å². The van der Waals surface area contributed by atoms with E-state index in [0.29, 0.717) is 5.57 Å². The van der Waals surface area contributed by atoms with Crippen molar-refractivity contribution in [1.82, 2.24) is 0 Å². The standard InChI is InChI=1S/C14H6N2O2/c15-7-10(8-16)9-1-3-11-12(4-2-9)14(18)6-5-13(11)17/h1-6H. The number of allylic oxidation sites excluding steroid dienone is 10. The van der Waals surface area contributed by atoms with E-state index in [4.69, 9.17) is 10.5 Å². The molecule has 2 rings (SSSR count). The summed E-state index contributed by atoms with van der Waals surface area (Å²) in [5.41, 5.74) is 0.887. The molecule has 0 spiro atoms. The highest BCUT2D eigenvalue weighted by Gasteiger charge is 2.20. The molecule has 0 atom stereocenters. The Bertz CT molecular complexity index is 630. The second-order valence-corrected chi connectivity index (χ2v) is 3.61. The minimum absolute atomic E-state index is 0.0600. The lowest BCUT2D eigenvalue weighted by atomic mass is 9.95. The zero-order valence-electron chi connectivity index (χ0n) is 9.18. The molecule has 84 valence electrons. The van der Waals surface area contributed by atoms with Crippen LogP contribution in [0.2, 0.25) is 0 Å². The summed E-state index contributed by atoms with van der Waals surface area (Å²) in [6.07, 6.45) is 8.33. The molecule has 0 heterocycles. The number of ketones is 2. The predicted octanol–water partition coefficient (Wildman–Crippen LogP) is 1.46. The van der Waals surface area contributed by atoms with Gasteiger partial charge >= 0.3 is 0 Å². The van der Waals surface area contributed by atoms with E-state index in [2.05, 4.69) is 0 Å². The Morgan fingerprint density at radius 2 is 1.22 bits per heavy atom. The van der Waals surface area contributed by atoms with E-state index in [9.17, 15) is 9.59 Å². The minimum Gasteiger partial charge on any atom is -0.289 e. The topological polar surface area (TPSA) is 81.7 Å². The van der Waals surface area contributed by atoms with Crippen molar-refractivity contribution in [2.24, 2.45) is 0 Å². The van der Waals surface area contributed by atoms with Crippen LogP contribution in [0.3, 0.4) is 0 Å². The molecule has 0 aliphatic heterocycles. The number of rotatable bonds is 0. The van der Waals surface area contributed by atoms with Gasteiger partial charge in [-0.15, -0.1) is 0 Å². The first-order valence-electron chi connectivity index (χ1n) is 5.09. The van der Waals surface area contributed by atoms with Gasteiger partial charge in [0, 0.05) is 16.7 Å². The van der Waals surface area contributed by atoms with Gasteiger partial charge in [-0.05, 0) is 24.3 Å². The zero-order valence-corrected chi connectivity index (χ0v) is 9.18. The summed E-state index contributed by atoms with van der Waals surface area (Å²) in [5, 5.41) is 17.5. The fourth-order valence-electron chi connectivity index (χ4n) is 1.66. The van der Waals surface area contributed by atoms with Crippen LogP contribution in [0.4, 0.5) is 0 Å². The quantitative estimate of drug-likeness (QED) is 0.469. The third kappa shape index (κ3) is 1.83. The van der Waals surface area contributed by atoms with Gasteiger partial charge in [0.1, 0.15) is 17.7 Å². The average Bonchev–Trinajstić information content (AvgIpc) is 2.60. The van der Waals surface area contributed by atoms with Crippen molar-refractivity contribution in [3.05, 3.63) is 58.7 Å². The van der Waals surface area contributed by atoms with Gasteiger partial charge in [-0.1, -0.05) is 12.2 Å². The second kappa shape index (κ2) is 4.48. The molecule has 0 N–H and O–H groups in total. The van der Waals surface area contributed by atoms with Gasteiger partial charge in [-0.25, -0.2) is 0 Å². The van der Waals surface area contributed by atoms with E-state index in [0.717, 1.165) is 0 Å². The first kappa shape index (κ1) is 11.5. The average molecular weight is 234 g/mol. The van der Waals surface area contributed by atoms with Gasteiger partial charge in [0.25, 0.3) is 0 Å². The maximum absolute atomic E-state index is 11.6. The zero-order chi connectivity index (χ0) is 13.1. The van der Waals surface area contributed by atoms with Crippen molar-refractivity contribution in [2.45, 2.75) is 0 Å². The van der Waals surface area contributed by atoms with Gasteiger partial charge < -0.3 is 0 Å². The monoisotopic (exact) mass is 234 g/mol.